The van der Waals surface area contributed by atoms with Gasteiger partial charge in [0.2, 0.25) is 0 Å². The number of fused-ring (bicyclic) bond motifs is 1. The number of nitrogens with one attached hydrogen (secondary N) is 2. The van der Waals surface area contributed by atoms with Crippen LogP contribution in [0.5, 0.6) is 0 Å². The van der Waals surface area contributed by atoms with E-state index in [0.717, 1.165) is 27.9 Å². The van der Waals surface area contributed by atoms with Gasteiger partial charge in [-0.05, 0) is 60.4 Å². The Morgan fingerprint density at radius 3 is 2.45 bits per heavy atom. The third kappa shape index (κ3) is 4.19. The molecule has 4 rings (SSSR count). The number of aromatic amines is 1. The number of aryl methyl sites for hydroxylation is 1. The fraction of sp³-hybridized carbons (Fsp3) is 0.222. The van der Waals surface area contributed by atoms with Crippen molar-refractivity contribution in [1.29, 1.82) is 0 Å². The van der Waals surface area contributed by atoms with Crippen LogP contribution >= 0.6 is 0 Å². The van der Waals surface area contributed by atoms with Crippen LogP contribution in [0.1, 0.15) is 38.5 Å². The molecule has 0 saturated carbocycles. The van der Waals surface area contributed by atoms with Gasteiger partial charge in [0.15, 0.2) is 0 Å². The lowest BCUT2D eigenvalue weighted by molar-refractivity contribution is 0.0951. The number of hydrogen-bond acceptors (Lipinski definition) is 2. The second kappa shape index (κ2) is 8.68. The highest BCUT2D eigenvalue weighted by molar-refractivity contribution is 5.96. The lowest BCUT2D eigenvalue weighted by atomic mass is 9.90. The molecule has 3 aromatic carbocycles. The predicted octanol–water partition coefficient (Wildman–Crippen LogP) is 5.41. The summed E-state index contributed by atoms with van der Waals surface area (Å²) < 4.78 is 0. The van der Waals surface area contributed by atoms with Crippen LogP contribution in [0.3, 0.4) is 0 Å². The van der Waals surface area contributed by atoms with E-state index in [1.165, 1.54) is 16.5 Å². The molecule has 4 heteroatoms. The number of amides is 1. The maximum Gasteiger partial charge on any atom is 0.251 e. The first kappa shape index (κ1) is 20.7. The van der Waals surface area contributed by atoms with Crippen LogP contribution in [0.4, 0.5) is 5.69 Å². The summed E-state index contributed by atoms with van der Waals surface area (Å²) in [6, 6.07) is 22.7. The molecule has 1 heterocycles. The van der Waals surface area contributed by atoms with Crippen molar-refractivity contribution in [3.05, 3.63) is 101 Å². The van der Waals surface area contributed by atoms with Crippen LogP contribution in [0.15, 0.2) is 72.9 Å². The van der Waals surface area contributed by atoms with Crippen molar-refractivity contribution in [3.8, 4) is 0 Å². The lowest BCUT2D eigenvalue weighted by Crippen LogP contribution is -2.29. The molecule has 1 amide bonds. The van der Waals surface area contributed by atoms with Crippen LogP contribution in [0.2, 0.25) is 0 Å². The Morgan fingerprint density at radius 2 is 1.71 bits per heavy atom. The summed E-state index contributed by atoms with van der Waals surface area (Å²) in [4.78, 5) is 18.5. The Morgan fingerprint density at radius 1 is 0.968 bits per heavy atom. The normalized spacial score (nSPS) is 12.0. The maximum absolute atomic E-state index is 13.0. The van der Waals surface area contributed by atoms with Gasteiger partial charge in [-0.3, -0.25) is 4.79 Å². The van der Waals surface area contributed by atoms with Gasteiger partial charge in [-0.25, -0.2) is 0 Å². The Labute approximate surface area is 183 Å². The first-order valence-electron chi connectivity index (χ1n) is 10.6. The van der Waals surface area contributed by atoms with Gasteiger partial charge < -0.3 is 15.2 Å². The molecule has 2 N–H and O–H groups in total. The second-order valence-electron chi connectivity index (χ2n) is 8.29. The molecule has 0 saturated heterocycles. The summed E-state index contributed by atoms with van der Waals surface area (Å²) in [5, 5.41) is 4.38. The minimum Gasteiger partial charge on any atom is -0.378 e. The summed E-state index contributed by atoms with van der Waals surface area (Å²) in [7, 11) is 4.08. The Kier molecular flexibility index (Phi) is 5.81. The fourth-order valence-electron chi connectivity index (χ4n) is 4.08. The SMILES string of the molecule is Cc1cccc(C(=O)NCC(c2ccc(N(C)C)cc2)c2c[nH]c3ccccc23)c1C. The first-order valence-corrected chi connectivity index (χ1v) is 10.6. The molecule has 4 nitrogen and oxygen atoms in total. The molecular weight excluding hydrogens is 382 g/mol. The quantitative estimate of drug-likeness (QED) is 0.445. The average molecular weight is 412 g/mol. The van der Waals surface area contributed by atoms with Crippen molar-refractivity contribution in [2.75, 3.05) is 25.5 Å². The van der Waals surface area contributed by atoms with Crippen molar-refractivity contribution in [3.63, 3.8) is 0 Å². The van der Waals surface area contributed by atoms with Crippen molar-refractivity contribution in [2.24, 2.45) is 0 Å². The zero-order valence-corrected chi connectivity index (χ0v) is 18.6. The number of carbonyl (C=O) groups excluding carboxylic acids is 1. The molecule has 1 atom stereocenters. The monoisotopic (exact) mass is 411 g/mol. The molecular formula is C27H29N3O. The maximum atomic E-state index is 13.0. The largest absolute Gasteiger partial charge is 0.378 e. The van der Waals surface area contributed by atoms with Gasteiger partial charge >= 0.3 is 0 Å². The van der Waals surface area contributed by atoms with Crippen LogP contribution in [-0.2, 0) is 0 Å². The number of para-hydroxylation sites is 1. The average Bonchev–Trinajstić information content (AvgIpc) is 3.20. The standard InChI is InChI=1S/C27H29N3O/c1-18-8-7-10-22(19(18)2)27(31)29-16-24(20-12-14-21(15-13-20)30(3)4)25-17-28-26-11-6-5-9-23(25)26/h5-15,17,24,28H,16H2,1-4H3,(H,29,31). The number of anilines is 1. The van der Waals surface area contributed by atoms with Gasteiger partial charge in [0.25, 0.3) is 5.91 Å². The third-order valence-corrected chi connectivity index (χ3v) is 6.12. The minimum absolute atomic E-state index is 0.0315. The molecule has 0 radical (unpaired) electrons. The predicted molar refractivity (Wildman–Crippen MR) is 129 cm³/mol. The molecule has 31 heavy (non-hydrogen) atoms. The molecule has 0 aliphatic heterocycles. The van der Waals surface area contributed by atoms with E-state index in [4.69, 9.17) is 0 Å². The highest BCUT2D eigenvalue weighted by Crippen LogP contribution is 2.31. The molecule has 0 fully saturated rings. The molecule has 158 valence electrons. The highest BCUT2D eigenvalue weighted by atomic mass is 16.1. The van der Waals surface area contributed by atoms with E-state index in [1.807, 2.05) is 52.2 Å². The van der Waals surface area contributed by atoms with Gasteiger partial charge in [0.1, 0.15) is 0 Å². The van der Waals surface area contributed by atoms with E-state index in [0.29, 0.717) is 6.54 Å². The molecule has 1 aromatic heterocycles. The first-order chi connectivity index (χ1) is 15.0. The minimum atomic E-state index is -0.0315. The molecule has 0 spiro atoms. The highest BCUT2D eigenvalue weighted by Gasteiger charge is 2.20. The Hall–Kier alpha value is -3.53. The summed E-state index contributed by atoms with van der Waals surface area (Å²) in [5.41, 5.74) is 7.51. The number of rotatable bonds is 6. The van der Waals surface area contributed by atoms with E-state index >= 15 is 0 Å². The number of nitrogens with zero attached hydrogens (tertiary/aromatic N) is 1. The van der Waals surface area contributed by atoms with E-state index in [2.05, 4.69) is 63.9 Å². The number of benzene rings is 3. The topological polar surface area (TPSA) is 48.1 Å². The van der Waals surface area contributed by atoms with E-state index in [-0.39, 0.29) is 11.8 Å². The molecule has 0 aliphatic rings. The van der Waals surface area contributed by atoms with Crippen LogP contribution in [-0.4, -0.2) is 31.5 Å². The number of H-pyrrole nitrogens is 1. The molecule has 0 bridgehead atoms. The number of carbonyl (C=O) groups is 1. The summed E-state index contributed by atoms with van der Waals surface area (Å²) in [6.07, 6.45) is 2.07. The fourth-order valence-corrected chi connectivity index (χ4v) is 4.08. The van der Waals surface area contributed by atoms with Crippen LogP contribution in [0.25, 0.3) is 10.9 Å². The smallest absolute Gasteiger partial charge is 0.251 e. The van der Waals surface area contributed by atoms with Crippen molar-refractivity contribution in [1.82, 2.24) is 10.3 Å². The summed E-state index contributed by atoms with van der Waals surface area (Å²) >= 11 is 0. The third-order valence-electron chi connectivity index (χ3n) is 6.12. The Bertz CT molecular complexity index is 1200. The Balaban J connectivity index is 1.67. The van der Waals surface area contributed by atoms with Crippen LogP contribution in [0, 0.1) is 13.8 Å². The molecule has 0 aliphatic carbocycles. The van der Waals surface area contributed by atoms with Gasteiger partial charge in [0.05, 0.1) is 0 Å². The second-order valence-corrected chi connectivity index (χ2v) is 8.29. The summed E-state index contributed by atoms with van der Waals surface area (Å²) in [5.74, 6) is 0.0115. The van der Waals surface area contributed by atoms with Gasteiger partial charge in [-0.2, -0.15) is 0 Å². The van der Waals surface area contributed by atoms with Crippen LogP contribution < -0.4 is 10.2 Å². The van der Waals surface area contributed by atoms with E-state index in [1.54, 1.807) is 0 Å². The molecule has 4 aromatic rings. The zero-order chi connectivity index (χ0) is 22.0. The van der Waals surface area contributed by atoms with Crippen molar-refractivity contribution in [2.45, 2.75) is 19.8 Å². The van der Waals surface area contributed by atoms with E-state index < -0.39 is 0 Å². The lowest BCUT2D eigenvalue weighted by Gasteiger charge is -2.20. The number of hydrogen-bond donors (Lipinski definition) is 2. The summed E-state index contributed by atoms with van der Waals surface area (Å²) in [6.45, 7) is 4.56. The number of aromatic nitrogens is 1. The van der Waals surface area contributed by atoms with Gasteiger partial charge in [-0.1, -0.05) is 42.5 Å². The van der Waals surface area contributed by atoms with Crippen molar-refractivity contribution < 1.29 is 4.79 Å². The zero-order valence-electron chi connectivity index (χ0n) is 18.6. The molecule has 1 unspecified atom stereocenters. The van der Waals surface area contributed by atoms with Crippen molar-refractivity contribution >= 4 is 22.5 Å². The van der Waals surface area contributed by atoms with Gasteiger partial charge in [0, 0.05) is 54.9 Å². The van der Waals surface area contributed by atoms with Gasteiger partial charge in [-0.15, -0.1) is 0 Å². The van der Waals surface area contributed by atoms with E-state index in [9.17, 15) is 4.79 Å².